The van der Waals surface area contributed by atoms with Crippen LogP contribution in [-0.2, 0) is 12.1 Å². The molecule has 3 aromatic rings. The lowest BCUT2D eigenvalue weighted by atomic mass is 9.79. The summed E-state index contributed by atoms with van der Waals surface area (Å²) >= 11 is 0. The van der Waals surface area contributed by atoms with E-state index >= 15 is 0 Å². The lowest BCUT2D eigenvalue weighted by molar-refractivity contribution is -0.0557. The fourth-order valence-electron chi connectivity index (χ4n) is 5.04. The number of rotatable bonds is 8. The third-order valence-electron chi connectivity index (χ3n) is 7.53. The Morgan fingerprint density at radius 2 is 1.73 bits per heavy atom. The van der Waals surface area contributed by atoms with Crippen LogP contribution in [0.25, 0.3) is 0 Å². The fourth-order valence-corrected chi connectivity index (χ4v) is 5.04. The molecule has 0 atom stereocenters. The van der Waals surface area contributed by atoms with Gasteiger partial charge in [-0.2, -0.15) is 0 Å². The van der Waals surface area contributed by atoms with Crippen molar-refractivity contribution in [3.05, 3.63) is 65.6 Å². The maximum atomic E-state index is 13.9. The largest absolute Gasteiger partial charge is 0.489 e. The Balaban J connectivity index is 1.29. The number of anilines is 2. The Bertz CT molecular complexity index is 1330. The molecule has 10 heteroatoms. The molecule has 0 spiro atoms. The molecule has 214 valence electrons. The molecule has 0 radical (unpaired) electrons. The molecule has 9 nitrogen and oxygen atoms in total. The zero-order chi connectivity index (χ0) is 29.3. The van der Waals surface area contributed by atoms with Gasteiger partial charge in [0.2, 0.25) is 5.88 Å². The number of alkyl halides is 1. The highest BCUT2D eigenvalue weighted by molar-refractivity contribution is 5.99. The van der Waals surface area contributed by atoms with Gasteiger partial charge in [0.15, 0.2) is 11.5 Å². The van der Waals surface area contributed by atoms with Crippen LogP contribution < -0.4 is 15.4 Å². The number of ether oxygens (including phenoxy) is 1. The average molecular weight is 552 g/mol. The highest BCUT2D eigenvalue weighted by Gasteiger charge is 2.44. The van der Waals surface area contributed by atoms with Gasteiger partial charge in [-0.25, -0.2) is 14.2 Å². The number of urea groups is 1. The van der Waals surface area contributed by atoms with Crippen molar-refractivity contribution >= 4 is 23.4 Å². The van der Waals surface area contributed by atoms with Crippen LogP contribution in [0, 0.1) is 0 Å². The van der Waals surface area contributed by atoms with Crippen molar-refractivity contribution < 1.29 is 23.2 Å². The third-order valence-corrected chi connectivity index (χ3v) is 7.53. The van der Waals surface area contributed by atoms with Gasteiger partial charge in [0.05, 0.1) is 6.20 Å². The second-order valence-electron chi connectivity index (χ2n) is 12.1. The van der Waals surface area contributed by atoms with Crippen LogP contribution in [0.4, 0.5) is 20.8 Å². The zero-order valence-electron chi connectivity index (χ0n) is 24.2. The first-order chi connectivity index (χ1) is 18.6. The quantitative estimate of drug-likeness (QED) is 0.313. The topological polar surface area (TPSA) is 110 Å². The Kier molecular flexibility index (Phi) is 8.03. The number of halogens is 1. The number of aromatic nitrogens is 2. The van der Waals surface area contributed by atoms with Crippen LogP contribution in [0.5, 0.6) is 5.75 Å². The normalized spacial score (nSPS) is 17.3. The molecule has 1 saturated heterocycles. The number of carbonyl (C=O) groups excluding carboxylic acids is 2. The summed E-state index contributed by atoms with van der Waals surface area (Å²) in [7, 11) is 2.16. The van der Waals surface area contributed by atoms with Crippen molar-refractivity contribution in [1.29, 1.82) is 0 Å². The molecule has 0 aliphatic carbocycles. The summed E-state index contributed by atoms with van der Waals surface area (Å²) in [6.07, 6.45) is 3.64. The molecule has 40 heavy (non-hydrogen) atoms. The molecule has 2 aromatic heterocycles. The molecule has 1 fully saturated rings. The highest BCUT2D eigenvalue weighted by Crippen LogP contribution is 2.38. The molecular weight excluding hydrogens is 513 g/mol. The molecule has 1 aliphatic rings. The molecule has 2 amide bonds. The maximum absolute atomic E-state index is 13.9. The van der Waals surface area contributed by atoms with Gasteiger partial charge >= 0.3 is 6.03 Å². The Morgan fingerprint density at radius 3 is 2.27 bits per heavy atom. The molecule has 0 bridgehead atoms. The minimum absolute atomic E-state index is 0.0131. The van der Waals surface area contributed by atoms with Crippen LogP contribution in [0.1, 0.15) is 76.1 Å². The SMILES string of the molecule is CN1C(C)(C)CC(Oc2ccc(C(=O)Cc3ccc(NC(=O)Nc4cc(C(C)(C)F)no4)cc3)nc2)CC1(C)C. The number of hydrogen-bond donors (Lipinski definition) is 2. The number of ketones is 1. The highest BCUT2D eigenvalue weighted by atomic mass is 19.1. The van der Waals surface area contributed by atoms with Gasteiger partial charge in [0.1, 0.15) is 23.2 Å². The third kappa shape index (κ3) is 7.04. The Labute approximate surface area is 234 Å². The maximum Gasteiger partial charge on any atom is 0.326 e. The summed E-state index contributed by atoms with van der Waals surface area (Å²) in [4.78, 5) is 31.8. The van der Waals surface area contributed by atoms with E-state index in [1.165, 1.54) is 19.9 Å². The van der Waals surface area contributed by atoms with Gasteiger partial charge in [-0.15, -0.1) is 0 Å². The Hall–Kier alpha value is -3.79. The van der Waals surface area contributed by atoms with Crippen LogP contribution in [0.15, 0.2) is 53.2 Å². The summed E-state index contributed by atoms with van der Waals surface area (Å²) in [5.74, 6) is 0.563. The lowest BCUT2D eigenvalue weighted by Gasteiger charge is -2.53. The molecule has 0 unspecified atom stereocenters. The Morgan fingerprint density at radius 1 is 1.07 bits per heavy atom. The predicted octanol–water partition coefficient (Wildman–Crippen LogP) is 6.37. The summed E-state index contributed by atoms with van der Waals surface area (Å²) in [5, 5.41) is 8.75. The van der Waals surface area contributed by atoms with Crippen LogP contribution in [0.2, 0.25) is 0 Å². The van der Waals surface area contributed by atoms with E-state index < -0.39 is 11.7 Å². The lowest BCUT2D eigenvalue weighted by Crippen LogP contribution is -2.60. The van der Waals surface area contributed by atoms with E-state index in [0.717, 1.165) is 18.4 Å². The monoisotopic (exact) mass is 551 g/mol. The summed E-state index contributed by atoms with van der Waals surface area (Å²) in [6, 6.07) is 11.2. The van der Waals surface area contributed by atoms with Crippen molar-refractivity contribution in [3.8, 4) is 5.75 Å². The second-order valence-corrected chi connectivity index (χ2v) is 12.1. The molecule has 3 heterocycles. The number of benzene rings is 1. The number of hydrogen-bond acceptors (Lipinski definition) is 7. The first-order valence-corrected chi connectivity index (χ1v) is 13.4. The van der Waals surface area contributed by atoms with Crippen molar-refractivity contribution in [2.75, 3.05) is 17.7 Å². The van der Waals surface area contributed by atoms with E-state index in [1.807, 2.05) is 0 Å². The van der Waals surface area contributed by atoms with Crippen LogP contribution >= 0.6 is 0 Å². The molecule has 2 N–H and O–H groups in total. The van der Waals surface area contributed by atoms with E-state index in [2.05, 4.69) is 60.4 Å². The summed E-state index contributed by atoms with van der Waals surface area (Å²) in [6.45, 7) is 11.6. The number of nitrogens with one attached hydrogen (secondary N) is 2. The van der Waals surface area contributed by atoms with E-state index in [-0.39, 0.29) is 41.0 Å². The van der Waals surface area contributed by atoms with Crippen LogP contribution in [0.3, 0.4) is 0 Å². The number of Topliss-reactive ketones (excluding diaryl/α,β-unsaturated/α-hetero) is 1. The average Bonchev–Trinajstić information content (AvgIpc) is 3.33. The molecular formula is C30H38FN5O4. The van der Waals surface area contributed by atoms with Gasteiger partial charge < -0.3 is 14.6 Å². The first kappa shape index (κ1) is 29.2. The van der Waals surface area contributed by atoms with Gasteiger partial charge in [-0.3, -0.25) is 15.0 Å². The first-order valence-electron chi connectivity index (χ1n) is 13.4. The number of carbonyl (C=O) groups is 2. The van der Waals surface area contributed by atoms with E-state index in [1.54, 1.807) is 42.6 Å². The molecule has 4 rings (SSSR count). The van der Waals surface area contributed by atoms with Gasteiger partial charge in [0, 0.05) is 42.1 Å². The zero-order valence-corrected chi connectivity index (χ0v) is 24.2. The van der Waals surface area contributed by atoms with Gasteiger partial charge in [-0.1, -0.05) is 17.3 Å². The van der Waals surface area contributed by atoms with Crippen molar-refractivity contribution in [3.63, 3.8) is 0 Å². The van der Waals surface area contributed by atoms with Gasteiger partial charge in [0.25, 0.3) is 0 Å². The number of pyridine rings is 1. The van der Waals surface area contributed by atoms with E-state index in [0.29, 0.717) is 17.1 Å². The summed E-state index contributed by atoms with van der Waals surface area (Å²) in [5.41, 5.74) is 0.0795. The number of piperidine rings is 1. The van der Waals surface area contributed by atoms with E-state index in [9.17, 15) is 14.0 Å². The number of nitrogens with zero attached hydrogens (tertiary/aromatic N) is 3. The molecule has 0 saturated carbocycles. The minimum atomic E-state index is -1.68. The van der Waals surface area contributed by atoms with Crippen LogP contribution in [-0.4, -0.2) is 51.1 Å². The molecule has 1 aromatic carbocycles. The smallest absolute Gasteiger partial charge is 0.326 e. The van der Waals surface area contributed by atoms with Crippen molar-refractivity contribution in [2.45, 2.75) is 83.7 Å². The fraction of sp³-hybridized carbons (Fsp3) is 0.467. The minimum Gasteiger partial charge on any atom is -0.489 e. The van der Waals surface area contributed by atoms with Crippen molar-refractivity contribution in [2.24, 2.45) is 0 Å². The van der Waals surface area contributed by atoms with Gasteiger partial charge in [-0.05, 0) is 78.4 Å². The standard InChI is InChI=1S/C30H38FN5O4/c1-28(2)16-22(17-29(3,4)36(28)7)39-21-12-13-23(32-18-21)24(37)14-19-8-10-20(11-9-19)33-27(38)34-26-15-25(35-40-26)30(5,6)31/h8-13,15,18,22H,14,16-17H2,1-7H3,(H2,33,34,38). The van der Waals surface area contributed by atoms with Crippen molar-refractivity contribution in [1.82, 2.24) is 15.0 Å². The summed E-state index contributed by atoms with van der Waals surface area (Å²) < 4.78 is 25.1. The van der Waals surface area contributed by atoms with E-state index in [4.69, 9.17) is 9.26 Å². The molecule has 1 aliphatic heterocycles. The number of likely N-dealkylation sites (tertiary alicyclic amines) is 1. The predicted molar refractivity (Wildman–Crippen MR) is 152 cm³/mol. The second kappa shape index (κ2) is 11.0. The number of amides is 2.